The summed E-state index contributed by atoms with van der Waals surface area (Å²) < 4.78 is 12.6. The molecule has 23 heavy (non-hydrogen) atoms. The highest BCUT2D eigenvalue weighted by molar-refractivity contribution is 5.77. The van der Waals surface area contributed by atoms with E-state index in [1.807, 2.05) is 0 Å². The summed E-state index contributed by atoms with van der Waals surface area (Å²) in [5, 5.41) is 28.4. The molecule has 3 heterocycles. The van der Waals surface area contributed by atoms with Gasteiger partial charge >= 0.3 is 0 Å². The summed E-state index contributed by atoms with van der Waals surface area (Å²) >= 11 is 0. The van der Waals surface area contributed by atoms with Crippen molar-refractivity contribution in [1.82, 2.24) is 19.5 Å². The molecule has 0 bridgehead atoms. The molecule has 4 atom stereocenters. The lowest BCUT2D eigenvalue weighted by Crippen LogP contribution is -2.24. The van der Waals surface area contributed by atoms with E-state index in [0.29, 0.717) is 17.6 Å². The standard InChI is InChI=1S/C13H19N5O5/c1-6(20)4-22-12-10-11(16-13(14)17-12)18(5-15-10)9-2-7(21)8(3-19)23-9/h5-9,19-21H,2-4H2,1H3,(H2,14,16,17)/t6-,7+,8-,9-/m1/s1. The first-order chi connectivity index (χ1) is 11.0. The maximum Gasteiger partial charge on any atom is 0.247 e. The van der Waals surface area contributed by atoms with Gasteiger partial charge in [0.05, 0.1) is 25.1 Å². The topological polar surface area (TPSA) is 149 Å². The third-order valence-electron chi connectivity index (χ3n) is 3.56. The molecule has 10 heteroatoms. The molecular weight excluding hydrogens is 306 g/mol. The molecule has 1 aliphatic heterocycles. The lowest BCUT2D eigenvalue weighted by molar-refractivity contribution is -0.0432. The molecule has 126 valence electrons. The molecule has 0 spiro atoms. The van der Waals surface area contributed by atoms with Gasteiger partial charge < -0.3 is 30.5 Å². The Morgan fingerprint density at radius 3 is 2.96 bits per heavy atom. The van der Waals surface area contributed by atoms with Crippen LogP contribution in [0, 0.1) is 0 Å². The number of nitrogen functional groups attached to an aromatic ring is 1. The van der Waals surface area contributed by atoms with Gasteiger partial charge in [-0.25, -0.2) is 4.98 Å². The minimum Gasteiger partial charge on any atom is -0.473 e. The summed E-state index contributed by atoms with van der Waals surface area (Å²) in [6.07, 6.45) is -0.821. The molecule has 2 aromatic heterocycles. The summed E-state index contributed by atoms with van der Waals surface area (Å²) in [6.45, 7) is 1.36. The van der Waals surface area contributed by atoms with Gasteiger partial charge in [0.15, 0.2) is 11.2 Å². The maximum atomic E-state index is 9.86. The van der Waals surface area contributed by atoms with E-state index in [0.717, 1.165) is 0 Å². The van der Waals surface area contributed by atoms with E-state index in [4.69, 9.17) is 15.2 Å². The third-order valence-corrected chi connectivity index (χ3v) is 3.56. The molecule has 3 rings (SSSR count). The minimum atomic E-state index is -0.771. The number of anilines is 1. The number of rotatable bonds is 5. The van der Waals surface area contributed by atoms with Crippen molar-refractivity contribution in [3.05, 3.63) is 6.33 Å². The van der Waals surface area contributed by atoms with Crippen LogP contribution in [0.5, 0.6) is 5.88 Å². The molecule has 5 N–H and O–H groups in total. The van der Waals surface area contributed by atoms with Crippen LogP contribution in [0.4, 0.5) is 5.95 Å². The molecule has 0 radical (unpaired) electrons. The number of hydrogen-bond acceptors (Lipinski definition) is 9. The molecular formula is C13H19N5O5. The number of fused-ring (bicyclic) bond motifs is 1. The van der Waals surface area contributed by atoms with Crippen LogP contribution in [0.2, 0.25) is 0 Å². The Balaban J connectivity index is 1.94. The van der Waals surface area contributed by atoms with Crippen LogP contribution >= 0.6 is 0 Å². The van der Waals surface area contributed by atoms with E-state index in [1.165, 1.54) is 6.33 Å². The van der Waals surface area contributed by atoms with Gasteiger partial charge in [0, 0.05) is 6.42 Å². The zero-order valence-corrected chi connectivity index (χ0v) is 12.5. The average Bonchev–Trinajstić information content (AvgIpc) is 3.07. The Morgan fingerprint density at radius 1 is 1.52 bits per heavy atom. The summed E-state index contributed by atoms with van der Waals surface area (Å²) in [4.78, 5) is 12.3. The van der Waals surface area contributed by atoms with Crippen molar-refractivity contribution in [2.75, 3.05) is 18.9 Å². The Hall–Kier alpha value is -2.01. The highest BCUT2D eigenvalue weighted by Crippen LogP contribution is 2.32. The molecule has 0 aliphatic carbocycles. The fourth-order valence-electron chi connectivity index (χ4n) is 2.47. The van der Waals surface area contributed by atoms with Crippen LogP contribution < -0.4 is 10.5 Å². The smallest absolute Gasteiger partial charge is 0.247 e. The summed E-state index contributed by atoms with van der Waals surface area (Å²) in [5.41, 5.74) is 6.48. The van der Waals surface area contributed by atoms with Crippen molar-refractivity contribution in [3.8, 4) is 5.88 Å². The van der Waals surface area contributed by atoms with Crippen molar-refractivity contribution in [3.63, 3.8) is 0 Å². The Morgan fingerprint density at radius 2 is 2.30 bits per heavy atom. The van der Waals surface area contributed by atoms with Crippen molar-refractivity contribution in [1.29, 1.82) is 0 Å². The zero-order valence-electron chi connectivity index (χ0n) is 12.5. The molecule has 10 nitrogen and oxygen atoms in total. The fraction of sp³-hybridized carbons (Fsp3) is 0.615. The van der Waals surface area contributed by atoms with Gasteiger partial charge in [0.2, 0.25) is 11.8 Å². The van der Waals surface area contributed by atoms with E-state index < -0.39 is 24.5 Å². The normalized spacial score (nSPS) is 25.8. The van der Waals surface area contributed by atoms with Crippen molar-refractivity contribution in [2.24, 2.45) is 0 Å². The highest BCUT2D eigenvalue weighted by atomic mass is 16.5. The minimum absolute atomic E-state index is 0.00269. The van der Waals surface area contributed by atoms with E-state index in [2.05, 4.69) is 15.0 Å². The number of nitrogens with zero attached hydrogens (tertiary/aromatic N) is 4. The summed E-state index contributed by atoms with van der Waals surface area (Å²) in [5.74, 6) is 0.168. The van der Waals surface area contributed by atoms with E-state index in [9.17, 15) is 15.3 Å². The third kappa shape index (κ3) is 3.06. The first-order valence-electron chi connectivity index (χ1n) is 7.25. The van der Waals surface area contributed by atoms with Crippen LogP contribution in [-0.2, 0) is 4.74 Å². The Kier molecular flexibility index (Phi) is 4.31. The number of nitrogens with two attached hydrogens (primary N) is 1. The van der Waals surface area contributed by atoms with Gasteiger partial charge in [0.25, 0.3) is 0 Å². The second kappa shape index (κ2) is 6.24. The van der Waals surface area contributed by atoms with Crippen molar-refractivity contribution < 1.29 is 24.8 Å². The predicted molar refractivity (Wildman–Crippen MR) is 78.5 cm³/mol. The molecule has 1 fully saturated rings. The van der Waals surface area contributed by atoms with E-state index >= 15 is 0 Å². The van der Waals surface area contributed by atoms with Crippen LogP contribution in [0.1, 0.15) is 19.6 Å². The molecule has 2 aromatic rings. The lowest BCUT2D eigenvalue weighted by atomic mass is 10.2. The van der Waals surface area contributed by atoms with E-state index in [-0.39, 0.29) is 25.0 Å². The van der Waals surface area contributed by atoms with Crippen LogP contribution in [-0.4, -0.2) is 66.4 Å². The highest BCUT2D eigenvalue weighted by Gasteiger charge is 2.35. The average molecular weight is 325 g/mol. The van der Waals surface area contributed by atoms with Gasteiger partial charge in [-0.3, -0.25) is 4.57 Å². The van der Waals surface area contributed by atoms with Gasteiger partial charge in [-0.1, -0.05) is 0 Å². The first-order valence-corrected chi connectivity index (χ1v) is 7.25. The number of imidazole rings is 1. The Bertz CT molecular complexity index is 691. The molecule has 0 amide bonds. The summed E-state index contributed by atoms with van der Waals surface area (Å²) in [7, 11) is 0. The fourth-order valence-corrected chi connectivity index (χ4v) is 2.47. The van der Waals surface area contributed by atoms with Gasteiger partial charge in [-0.15, -0.1) is 0 Å². The van der Waals surface area contributed by atoms with Gasteiger partial charge in [-0.2, -0.15) is 9.97 Å². The number of aliphatic hydroxyl groups is 3. The van der Waals surface area contributed by atoms with Gasteiger partial charge in [-0.05, 0) is 6.92 Å². The summed E-state index contributed by atoms with van der Waals surface area (Å²) in [6, 6.07) is 0. The van der Waals surface area contributed by atoms with Crippen LogP contribution in [0.25, 0.3) is 11.2 Å². The van der Waals surface area contributed by atoms with Gasteiger partial charge in [0.1, 0.15) is 18.9 Å². The van der Waals surface area contributed by atoms with Crippen LogP contribution in [0.3, 0.4) is 0 Å². The number of aromatic nitrogens is 4. The number of hydrogen-bond donors (Lipinski definition) is 4. The first kappa shape index (κ1) is 15.9. The Labute approximate surface area is 131 Å². The predicted octanol–water partition coefficient (Wildman–Crippen LogP) is -1.19. The quantitative estimate of drug-likeness (QED) is 0.532. The second-order valence-corrected chi connectivity index (χ2v) is 5.49. The number of ether oxygens (including phenoxy) is 2. The molecule has 0 saturated carbocycles. The maximum absolute atomic E-state index is 9.86. The van der Waals surface area contributed by atoms with E-state index in [1.54, 1.807) is 11.5 Å². The monoisotopic (exact) mass is 325 g/mol. The molecule has 1 saturated heterocycles. The van der Waals surface area contributed by atoms with Crippen molar-refractivity contribution >= 4 is 17.1 Å². The second-order valence-electron chi connectivity index (χ2n) is 5.49. The zero-order chi connectivity index (χ0) is 16.6. The largest absolute Gasteiger partial charge is 0.473 e. The number of aliphatic hydroxyl groups excluding tert-OH is 3. The lowest BCUT2D eigenvalue weighted by Gasteiger charge is -2.14. The van der Waals surface area contributed by atoms with Crippen LogP contribution in [0.15, 0.2) is 6.33 Å². The molecule has 0 aromatic carbocycles. The molecule has 1 aliphatic rings. The van der Waals surface area contributed by atoms with Crippen molar-refractivity contribution in [2.45, 2.75) is 37.9 Å². The molecule has 0 unspecified atom stereocenters. The SMILES string of the molecule is C[C@@H](O)COc1nc(N)nc2c1ncn2[C@H]1C[C@H](O)[C@@H](CO)O1.